The quantitative estimate of drug-likeness (QED) is 0.698. The van der Waals surface area contributed by atoms with E-state index in [2.05, 4.69) is 12.1 Å². The Balaban J connectivity index is 1.61. The Bertz CT molecular complexity index is 665. The number of carbonyl (C=O) groups excluding carboxylic acids is 1. The molecule has 0 saturated carbocycles. The second kappa shape index (κ2) is 5.77. The summed E-state index contributed by atoms with van der Waals surface area (Å²) in [5, 5.41) is 0.176. The van der Waals surface area contributed by atoms with Gasteiger partial charge in [-0.1, -0.05) is 18.2 Å². The summed E-state index contributed by atoms with van der Waals surface area (Å²) in [6.07, 6.45) is 0.855. The maximum atomic E-state index is 13.6. The molecule has 0 spiro atoms. The molecule has 0 radical (unpaired) electrons. The van der Waals surface area contributed by atoms with Gasteiger partial charge in [-0.2, -0.15) is 0 Å². The van der Waals surface area contributed by atoms with E-state index in [-0.39, 0.29) is 17.4 Å². The van der Waals surface area contributed by atoms with Crippen molar-refractivity contribution in [1.82, 2.24) is 0 Å². The molecule has 0 amide bonds. The maximum Gasteiger partial charge on any atom is 0.341 e. The number of hydrogen-bond acceptors (Lipinski definition) is 4. The summed E-state index contributed by atoms with van der Waals surface area (Å²) in [7, 11) is 0. The fraction of sp³-hybridized carbons (Fsp3) is 0.188. The van der Waals surface area contributed by atoms with Crippen LogP contribution in [0, 0.1) is 5.82 Å². The molecule has 108 valence electrons. The molecule has 2 aromatic carbocycles. The van der Waals surface area contributed by atoms with Crippen LogP contribution in [0.3, 0.4) is 0 Å². The third-order valence-corrected chi connectivity index (χ3v) is 4.61. The molecular weight excluding hydrogens is 289 g/mol. The highest BCUT2D eigenvalue weighted by atomic mass is 32.2. The van der Waals surface area contributed by atoms with Gasteiger partial charge in [-0.15, -0.1) is 11.8 Å². The van der Waals surface area contributed by atoms with Crippen molar-refractivity contribution in [3.63, 3.8) is 0 Å². The van der Waals surface area contributed by atoms with E-state index in [0.29, 0.717) is 5.69 Å². The zero-order valence-corrected chi connectivity index (χ0v) is 12.0. The van der Waals surface area contributed by atoms with Gasteiger partial charge >= 0.3 is 5.97 Å². The third kappa shape index (κ3) is 3.03. The molecule has 1 unspecified atom stereocenters. The number of thioether (sulfide) groups is 1. The molecule has 21 heavy (non-hydrogen) atoms. The van der Waals surface area contributed by atoms with Crippen LogP contribution in [-0.2, 0) is 11.2 Å². The Labute approximate surface area is 126 Å². The zero-order valence-electron chi connectivity index (χ0n) is 11.2. The molecule has 5 heteroatoms. The lowest BCUT2D eigenvalue weighted by molar-refractivity contribution is 0.0502. The predicted molar refractivity (Wildman–Crippen MR) is 80.9 cm³/mol. The number of anilines is 1. The molecule has 0 aliphatic carbocycles. The summed E-state index contributed by atoms with van der Waals surface area (Å²) in [5.74, 6) is -1.28. The van der Waals surface area contributed by atoms with E-state index in [1.807, 2.05) is 12.1 Å². The molecule has 3 rings (SSSR count). The van der Waals surface area contributed by atoms with Crippen molar-refractivity contribution in [2.75, 3.05) is 12.3 Å². The number of esters is 1. The van der Waals surface area contributed by atoms with Gasteiger partial charge in [0, 0.05) is 15.8 Å². The lowest BCUT2D eigenvalue weighted by Crippen LogP contribution is -2.16. The lowest BCUT2D eigenvalue weighted by atomic mass is 10.1. The molecule has 3 nitrogen and oxygen atoms in total. The molecular formula is C16H14FNO2S. The number of ether oxygens (including phenoxy) is 1. The average molecular weight is 303 g/mol. The standard InChI is InChI=1S/C16H14FNO2S/c17-14-6-5-11(18)8-13(14)16(19)20-9-12-7-10-3-1-2-4-15(10)21-12/h1-6,8,12H,7,9,18H2. The van der Waals surface area contributed by atoms with Gasteiger partial charge in [-0.05, 0) is 36.2 Å². The second-order valence-electron chi connectivity index (χ2n) is 4.89. The molecule has 0 saturated heterocycles. The first-order valence-corrected chi connectivity index (χ1v) is 7.48. The van der Waals surface area contributed by atoms with Crippen LogP contribution in [0.5, 0.6) is 0 Å². The molecule has 1 aliphatic heterocycles. The highest BCUT2D eigenvalue weighted by Gasteiger charge is 2.24. The average Bonchev–Trinajstić information content (AvgIpc) is 2.90. The van der Waals surface area contributed by atoms with Crippen LogP contribution in [0.15, 0.2) is 47.4 Å². The van der Waals surface area contributed by atoms with E-state index in [9.17, 15) is 9.18 Å². The van der Waals surface area contributed by atoms with Crippen molar-refractivity contribution < 1.29 is 13.9 Å². The number of halogens is 1. The summed E-state index contributed by atoms with van der Waals surface area (Å²) >= 11 is 1.69. The first-order valence-electron chi connectivity index (χ1n) is 6.60. The van der Waals surface area contributed by atoms with E-state index >= 15 is 0 Å². The van der Waals surface area contributed by atoms with Gasteiger partial charge in [0.1, 0.15) is 12.4 Å². The van der Waals surface area contributed by atoms with Crippen LogP contribution in [0.2, 0.25) is 0 Å². The molecule has 0 bridgehead atoms. The molecule has 1 heterocycles. The van der Waals surface area contributed by atoms with Crippen LogP contribution in [0.4, 0.5) is 10.1 Å². The van der Waals surface area contributed by atoms with Gasteiger partial charge in [0.25, 0.3) is 0 Å². The normalized spacial score (nSPS) is 16.5. The summed E-state index contributed by atoms with van der Waals surface area (Å²) < 4.78 is 18.8. The Morgan fingerprint density at radius 1 is 1.33 bits per heavy atom. The first kappa shape index (κ1) is 13.9. The van der Waals surface area contributed by atoms with Crippen LogP contribution >= 0.6 is 11.8 Å². The Morgan fingerprint density at radius 3 is 2.95 bits per heavy atom. The van der Waals surface area contributed by atoms with Crippen molar-refractivity contribution in [3.05, 3.63) is 59.4 Å². The molecule has 2 aromatic rings. The van der Waals surface area contributed by atoms with E-state index in [1.165, 1.54) is 28.7 Å². The maximum absolute atomic E-state index is 13.6. The number of rotatable bonds is 3. The van der Waals surface area contributed by atoms with Crippen molar-refractivity contribution in [2.24, 2.45) is 0 Å². The molecule has 0 aromatic heterocycles. The number of benzene rings is 2. The minimum absolute atomic E-state index is 0.115. The fourth-order valence-electron chi connectivity index (χ4n) is 2.29. The van der Waals surface area contributed by atoms with Crippen LogP contribution in [-0.4, -0.2) is 17.8 Å². The van der Waals surface area contributed by atoms with Crippen molar-refractivity contribution in [3.8, 4) is 0 Å². The number of nitrogen functional groups attached to an aromatic ring is 1. The monoisotopic (exact) mass is 303 g/mol. The van der Waals surface area contributed by atoms with E-state index in [4.69, 9.17) is 10.5 Å². The van der Waals surface area contributed by atoms with Crippen molar-refractivity contribution in [2.45, 2.75) is 16.6 Å². The van der Waals surface area contributed by atoms with Crippen LogP contribution in [0.25, 0.3) is 0 Å². The number of carbonyl (C=O) groups is 1. The number of fused-ring (bicyclic) bond motifs is 1. The minimum Gasteiger partial charge on any atom is -0.461 e. The SMILES string of the molecule is Nc1ccc(F)c(C(=O)OCC2Cc3ccccc3S2)c1. The fourth-order valence-corrected chi connectivity index (χ4v) is 3.51. The van der Waals surface area contributed by atoms with E-state index in [0.717, 1.165) is 6.42 Å². The third-order valence-electron chi connectivity index (χ3n) is 3.32. The van der Waals surface area contributed by atoms with E-state index < -0.39 is 11.8 Å². The zero-order chi connectivity index (χ0) is 14.8. The smallest absolute Gasteiger partial charge is 0.341 e. The van der Waals surface area contributed by atoms with Gasteiger partial charge < -0.3 is 10.5 Å². The second-order valence-corrected chi connectivity index (χ2v) is 6.23. The largest absolute Gasteiger partial charge is 0.461 e. The van der Waals surface area contributed by atoms with Gasteiger partial charge in [-0.3, -0.25) is 0 Å². The van der Waals surface area contributed by atoms with Gasteiger partial charge in [-0.25, -0.2) is 9.18 Å². The van der Waals surface area contributed by atoms with Gasteiger partial charge in [0.15, 0.2) is 0 Å². The Kier molecular flexibility index (Phi) is 3.84. The summed E-state index contributed by atoms with van der Waals surface area (Å²) in [4.78, 5) is 13.1. The summed E-state index contributed by atoms with van der Waals surface area (Å²) in [5.41, 5.74) is 7.05. The van der Waals surface area contributed by atoms with Gasteiger partial charge in [0.2, 0.25) is 0 Å². The van der Waals surface area contributed by atoms with Crippen LogP contribution in [0.1, 0.15) is 15.9 Å². The summed E-state index contributed by atoms with van der Waals surface area (Å²) in [6, 6.07) is 12.0. The van der Waals surface area contributed by atoms with Gasteiger partial charge in [0.05, 0.1) is 5.56 Å². The highest BCUT2D eigenvalue weighted by molar-refractivity contribution is 8.00. The topological polar surface area (TPSA) is 52.3 Å². The number of nitrogens with two attached hydrogens (primary N) is 1. The minimum atomic E-state index is -0.670. The van der Waals surface area contributed by atoms with Crippen molar-refractivity contribution >= 4 is 23.4 Å². The highest BCUT2D eigenvalue weighted by Crippen LogP contribution is 2.36. The molecule has 0 fully saturated rings. The predicted octanol–water partition coefficient (Wildman–Crippen LogP) is 3.28. The molecule has 1 aliphatic rings. The van der Waals surface area contributed by atoms with Crippen LogP contribution < -0.4 is 5.73 Å². The first-order chi connectivity index (χ1) is 10.1. The molecule has 2 N–H and O–H groups in total. The number of hydrogen-bond donors (Lipinski definition) is 1. The molecule has 1 atom stereocenters. The Morgan fingerprint density at radius 2 is 2.14 bits per heavy atom. The lowest BCUT2D eigenvalue weighted by Gasteiger charge is -2.10. The Hall–Kier alpha value is -2.01. The van der Waals surface area contributed by atoms with E-state index in [1.54, 1.807) is 11.8 Å². The summed E-state index contributed by atoms with van der Waals surface area (Å²) in [6.45, 7) is 0.256. The van der Waals surface area contributed by atoms with Crippen molar-refractivity contribution in [1.29, 1.82) is 0 Å².